The Bertz CT molecular complexity index is 1030. The fraction of sp³-hybridized carbons (Fsp3) is 0.300. The Hall–Kier alpha value is -3.07. The Morgan fingerprint density at radius 2 is 2.07 bits per heavy atom. The number of para-hydroxylation sites is 1. The number of aromatic nitrogens is 3. The minimum Gasteiger partial charge on any atom is -0.461 e. The van der Waals surface area contributed by atoms with Crippen LogP contribution in [0.2, 0.25) is 0 Å². The fourth-order valence-electron chi connectivity index (χ4n) is 3.55. The number of rotatable bonds is 7. The number of thioether (sulfide) groups is 1. The summed E-state index contributed by atoms with van der Waals surface area (Å²) in [6.45, 7) is 2.37. The van der Waals surface area contributed by atoms with Crippen molar-refractivity contribution in [1.29, 1.82) is 0 Å². The maximum atomic E-state index is 13.0. The second kappa shape index (κ2) is 8.12. The number of nitrogens with two attached hydrogens (primary N) is 1. The highest BCUT2D eigenvalue weighted by atomic mass is 32.2. The van der Waals surface area contributed by atoms with E-state index >= 15 is 0 Å². The van der Waals surface area contributed by atoms with Crippen LogP contribution in [0.4, 0.5) is 5.69 Å². The van der Waals surface area contributed by atoms with Gasteiger partial charge in [-0.1, -0.05) is 30.0 Å². The van der Waals surface area contributed by atoms with E-state index in [0.29, 0.717) is 23.3 Å². The van der Waals surface area contributed by atoms with E-state index in [4.69, 9.17) is 10.2 Å². The minimum atomic E-state index is -0.418. The third kappa shape index (κ3) is 3.91. The number of hydrogen-bond donors (Lipinski definition) is 1. The number of fused-ring (bicyclic) bond motifs is 1. The molecule has 1 aliphatic rings. The number of nitrogens with zero attached hydrogens (tertiary/aromatic N) is 4. The quantitative estimate of drug-likeness (QED) is 0.599. The number of benzene rings is 1. The topological polar surface area (TPSA) is 107 Å². The molecular formula is C20H21N5O3S. The van der Waals surface area contributed by atoms with E-state index in [1.54, 1.807) is 23.0 Å². The first-order valence-electron chi connectivity index (χ1n) is 9.32. The van der Waals surface area contributed by atoms with Gasteiger partial charge in [0, 0.05) is 24.7 Å². The molecule has 0 spiro atoms. The molecule has 2 aromatic heterocycles. The molecular weight excluding hydrogens is 390 g/mol. The number of furan rings is 1. The summed E-state index contributed by atoms with van der Waals surface area (Å²) in [5, 5.41) is 8.94. The van der Waals surface area contributed by atoms with Crippen molar-refractivity contribution in [1.82, 2.24) is 14.8 Å². The Balaban J connectivity index is 1.52. The van der Waals surface area contributed by atoms with Gasteiger partial charge >= 0.3 is 0 Å². The van der Waals surface area contributed by atoms with Crippen molar-refractivity contribution in [2.75, 3.05) is 10.7 Å². The maximum Gasteiger partial charge on any atom is 0.237 e. The summed E-state index contributed by atoms with van der Waals surface area (Å²) in [6, 6.07) is 11.6. The lowest BCUT2D eigenvalue weighted by atomic mass is 10.1. The molecule has 0 aliphatic carbocycles. The molecule has 0 unspecified atom stereocenters. The molecule has 0 saturated heterocycles. The Labute approximate surface area is 172 Å². The molecule has 1 aliphatic heterocycles. The maximum absolute atomic E-state index is 13.0. The molecule has 2 N–H and O–H groups in total. The van der Waals surface area contributed by atoms with E-state index in [2.05, 4.69) is 16.3 Å². The van der Waals surface area contributed by atoms with E-state index < -0.39 is 5.91 Å². The summed E-state index contributed by atoms with van der Waals surface area (Å²) in [4.78, 5) is 26.1. The fourth-order valence-corrected chi connectivity index (χ4v) is 4.37. The van der Waals surface area contributed by atoms with Crippen molar-refractivity contribution in [2.24, 2.45) is 5.73 Å². The molecule has 0 fully saturated rings. The van der Waals surface area contributed by atoms with Crippen LogP contribution in [0.15, 0.2) is 52.2 Å². The molecule has 150 valence electrons. The smallest absolute Gasteiger partial charge is 0.237 e. The molecule has 0 radical (unpaired) electrons. The van der Waals surface area contributed by atoms with Crippen LogP contribution in [0.5, 0.6) is 0 Å². The minimum absolute atomic E-state index is 0.0106. The molecule has 1 atom stereocenters. The standard InChI is InChI=1S/C20H21N5O3S/c1-13-11-14-5-2-3-6-15(14)25(13)18(27)12-29-20-23-22-19(16-7-4-10-28-16)24(20)9-8-17(21)26/h2-7,10,13H,8-9,11-12H2,1H3,(H2,21,26)/t13-/m0/s1. The second-order valence-electron chi connectivity index (χ2n) is 6.89. The van der Waals surface area contributed by atoms with Gasteiger partial charge in [0.05, 0.1) is 12.0 Å². The van der Waals surface area contributed by atoms with Crippen LogP contribution in [-0.4, -0.2) is 38.4 Å². The lowest BCUT2D eigenvalue weighted by Crippen LogP contribution is -2.37. The van der Waals surface area contributed by atoms with Gasteiger partial charge in [-0.15, -0.1) is 10.2 Å². The first-order valence-corrected chi connectivity index (χ1v) is 10.3. The van der Waals surface area contributed by atoms with Crippen molar-refractivity contribution < 1.29 is 14.0 Å². The number of anilines is 1. The summed E-state index contributed by atoms with van der Waals surface area (Å²) in [5.41, 5.74) is 7.46. The van der Waals surface area contributed by atoms with Crippen molar-refractivity contribution in [2.45, 2.75) is 37.5 Å². The van der Waals surface area contributed by atoms with E-state index in [1.807, 2.05) is 30.0 Å². The number of carbonyl (C=O) groups excluding carboxylic acids is 2. The zero-order chi connectivity index (χ0) is 20.4. The number of carbonyl (C=O) groups is 2. The van der Waals surface area contributed by atoms with E-state index in [1.165, 1.54) is 17.3 Å². The Morgan fingerprint density at radius 3 is 2.83 bits per heavy atom. The van der Waals surface area contributed by atoms with E-state index in [0.717, 1.165) is 12.1 Å². The lowest BCUT2D eigenvalue weighted by molar-refractivity contribution is -0.118. The van der Waals surface area contributed by atoms with Gasteiger partial charge in [0.15, 0.2) is 16.7 Å². The Morgan fingerprint density at radius 1 is 1.24 bits per heavy atom. The molecule has 3 heterocycles. The van der Waals surface area contributed by atoms with Crippen LogP contribution in [-0.2, 0) is 22.6 Å². The largest absolute Gasteiger partial charge is 0.461 e. The van der Waals surface area contributed by atoms with Gasteiger partial charge in [0.1, 0.15) is 0 Å². The molecule has 9 heteroatoms. The predicted octanol–water partition coefficient (Wildman–Crippen LogP) is 2.48. The van der Waals surface area contributed by atoms with Gasteiger partial charge in [-0.05, 0) is 37.1 Å². The van der Waals surface area contributed by atoms with Gasteiger partial charge in [-0.3, -0.25) is 14.2 Å². The van der Waals surface area contributed by atoms with E-state index in [-0.39, 0.29) is 24.1 Å². The molecule has 3 aromatic rings. The molecule has 0 saturated carbocycles. The number of primary amides is 1. The normalized spacial score (nSPS) is 15.5. The monoisotopic (exact) mass is 411 g/mol. The third-order valence-electron chi connectivity index (χ3n) is 4.84. The number of hydrogen-bond acceptors (Lipinski definition) is 6. The SMILES string of the molecule is C[C@H]1Cc2ccccc2N1C(=O)CSc1nnc(-c2ccco2)n1CCC(N)=O. The molecule has 4 rings (SSSR count). The predicted molar refractivity (Wildman–Crippen MR) is 109 cm³/mol. The average molecular weight is 411 g/mol. The Kier molecular flexibility index (Phi) is 5.39. The molecule has 1 aromatic carbocycles. The van der Waals surface area contributed by atoms with Crippen molar-refractivity contribution in [3.8, 4) is 11.6 Å². The van der Waals surface area contributed by atoms with Crippen LogP contribution in [0.3, 0.4) is 0 Å². The zero-order valence-corrected chi connectivity index (χ0v) is 16.8. The van der Waals surface area contributed by atoms with Crippen molar-refractivity contribution in [3.63, 3.8) is 0 Å². The van der Waals surface area contributed by atoms with Gasteiger partial charge in [-0.2, -0.15) is 0 Å². The molecule has 2 amide bonds. The lowest BCUT2D eigenvalue weighted by Gasteiger charge is -2.22. The second-order valence-corrected chi connectivity index (χ2v) is 7.83. The first-order chi connectivity index (χ1) is 14.0. The van der Waals surface area contributed by atoms with Gasteiger partial charge in [0.2, 0.25) is 11.8 Å². The molecule has 29 heavy (non-hydrogen) atoms. The summed E-state index contributed by atoms with van der Waals surface area (Å²) >= 11 is 1.29. The number of amides is 2. The summed E-state index contributed by atoms with van der Waals surface area (Å²) in [6.07, 6.45) is 2.54. The van der Waals surface area contributed by atoms with Crippen LogP contribution in [0.1, 0.15) is 18.9 Å². The van der Waals surface area contributed by atoms with E-state index in [9.17, 15) is 9.59 Å². The highest BCUT2D eigenvalue weighted by Crippen LogP contribution is 2.33. The van der Waals surface area contributed by atoms with Gasteiger partial charge in [-0.25, -0.2) is 0 Å². The summed E-state index contributed by atoms with van der Waals surface area (Å²) < 4.78 is 7.18. The zero-order valence-electron chi connectivity index (χ0n) is 15.9. The average Bonchev–Trinajstić information content (AvgIpc) is 3.41. The summed E-state index contributed by atoms with van der Waals surface area (Å²) in [7, 11) is 0. The van der Waals surface area contributed by atoms with Crippen LogP contribution in [0.25, 0.3) is 11.6 Å². The van der Waals surface area contributed by atoms with Gasteiger partial charge < -0.3 is 15.1 Å². The highest BCUT2D eigenvalue weighted by molar-refractivity contribution is 7.99. The molecule has 8 nitrogen and oxygen atoms in total. The van der Waals surface area contributed by atoms with Crippen molar-refractivity contribution in [3.05, 3.63) is 48.2 Å². The highest BCUT2D eigenvalue weighted by Gasteiger charge is 2.30. The van der Waals surface area contributed by atoms with Crippen LogP contribution < -0.4 is 10.6 Å². The third-order valence-corrected chi connectivity index (χ3v) is 5.79. The summed E-state index contributed by atoms with van der Waals surface area (Å²) in [5.74, 6) is 0.856. The molecule has 0 bridgehead atoms. The van der Waals surface area contributed by atoms with Crippen LogP contribution in [0, 0.1) is 0 Å². The van der Waals surface area contributed by atoms with Gasteiger partial charge in [0.25, 0.3) is 0 Å². The van der Waals surface area contributed by atoms with Crippen LogP contribution >= 0.6 is 11.8 Å². The first kappa shape index (κ1) is 19.3. The van der Waals surface area contributed by atoms with Crippen molar-refractivity contribution >= 4 is 29.3 Å².